The number of rotatable bonds is 4. The van der Waals surface area contributed by atoms with Crippen LogP contribution in [0.4, 0.5) is 0 Å². The average molecular weight is 273 g/mol. The fourth-order valence-electron chi connectivity index (χ4n) is 2.45. The minimum Gasteiger partial charge on any atom is -0.310 e. The summed E-state index contributed by atoms with van der Waals surface area (Å²) >= 11 is 2.07. The number of benzene rings is 1. The molecule has 1 aromatic carbocycles. The molecule has 0 unspecified atom stereocenters. The number of nitrogens with one attached hydrogen (secondary N) is 1. The van der Waals surface area contributed by atoms with Gasteiger partial charge in [0.1, 0.15) is 0 Å². The van der Waals surface area contributed by atoms with Gasteiger partial charge < -0.3 is 5.32 Å². The molecule has 2 heterocycles. The maximum absolute atomic E-state index is 4.33. The van der Waals surface area contributed by atoms with Crippen molar-refractivity contribution in [2.75, 3.05) is 11.5 Å². The predicted octanol–water partition coefficient (Wildman–Crippen LogP) is 2.86. The van der Waals surface area contributed by atoms with Gasteiger partial charge in [-0.25, -0.2) is 4.68 Å². The van der Waals surface area contributed by atoms with Crippen molar-refractivity contribution in [2.45, 2.75) is 25.4 Å². The number of aromatic nitrogens is 2. The Bertz CT molecular complexity index is 504. The molecular formula is C15H19N3S. The summed E-state index contributed by atoms with van der Waals surface area (Å²) in [7, 11) is 0. The third kappa shape index (κ3) is 3.19. The molecule has 0 bridgehead atoms. The number of nitrogens with zero attached hydrogens (tertiary/aromatic N) is 2. The second kappa shape index (κ2) is 6.26. The first-order chi connectivity index (χ1) is 9.43. The van der Waals surface area contributed by atoms with E-state index in [0.717, 1.165) is 6.54 Å². The van der Waals surface area contributed by atoms with Crippen LogP contribution in [0.15, 0.2) is 42.7 Å². The molecule has 1 aliphatic heterocycles. The molecule has 0 radical (unpaired) electrons. The van der Waals surface area contributed by atoms with E-state index >= 15 is 0 Å². The fraction of sp³-hybridized carbons (Fsp3) is 0.400. The van der Waals surface area contributed by atoms with Crippen molar-refractivity contribution >= 4 is 11.8 Å². The summed E-state index contributed by atoms with van der Waals surface area (Å²) in [4.78, 5) is 0. The van der Waals surface area contributed by atoms with Crippen LogP contribution in [0, 0.1) is 0 Å². The van der Waals surface area contributed by atoms with Crippen LogP contribution in [-0.2, 0) is 6.54 Å². The lowest BCUT2D eigenvalue weighted by Crippen LogP contribution is -2.32. The van der Waals surface area contributed by atoms with Crippen molar-refractivity contribution in [3.8, 4) is 5.69 Å². The van der Waals surface area contributed by atoms with Crippen LogP contribution >= 0.6 is 11.8 Å². The predicted molar refractivity (Wildman–Crippen MR) is 80.8 cm³/mol. The Morgan fingerprint density at radius 1 is 1.21 bits per heavy atom. The molecule has 0 spiro atoms. The lowest BCUT2D eigenvalue weighted by atomic mass is 10.1. The Balaban J connectivity index is 1.70. The van der Waals surface area contributed by atoms with Crippen LogP contribution in [-0.4, -0.2) is 27.3 Å². The molecule has 0 amide bonds. The van der Waals surface area contributed by atoms with E-state index < -0.39 is 0 Å². The van der Waals surface area contributed by atoms with E-state index in [-0.39, 0.29) is 0 Å². The first kappa shape index (κ1) is 12.8. The Morgan fingerprint density at radius 3 is 2.84 bits per heavy atom. The molecule has 0 aliphatic carbocycles. The van der Waals surface area contributed by atoms with Gasteiger partial charge in [-0.05, 0) is 42.0 Å². The van der Waals surface area contributed by atoms with E-state index in [4.69, 9.17) is 0 Å². The van der Waals surface area contributed by atoms with Crippen molar-refractivity contribution in [1.82, 2.24) is 15.1 Å². The van der Waals surface area contributed by atoms with Crippen LogP contribution in [0.1, 0.15) is 18.4 Å². The SMILES string of the molecule is c1ccc(-n2cccn2)c(CNC2CCSCC2)c1. The molecule has 1 fully saturated rings. The van der Waals surface area contributed by atoms with Gasteiger partial charge >= 0.3 is 0 Å². The van der Waals surface area contributed by atoms with Gasteiger partial charge in [0.15, 0.2) is 0 Å². The minimum atomic E-state index is 0.673. The second-order valence-electron chi connectivity index (χ2n) is 4.85. The van der Waals surface area contributed by atoms with Gasteiger partial charge in [0.2, 0.25) is 0 Å². The molecule has 1 saturated heterocycles. The highest BCUT2D eigenvalue weighted by Crippen LogP contribution is 2.18. The monoisotopic (exact) mass is 273 g/mol. The summed E-state index contributed by atoms with van der Waals surface area (Å²) in [5.74, 6) is 2.58. The number of thioether (sulfide) groups is 1. The van der Waals surface area contributed by atoms with Crippen LogP contribution in [0.3, 0.4) is 0 Å². The van der Waals surface area contributed by atoms with Crippen molar-refractivity contribution in [2.24, 2.45) is 0 Å². The zero-order valence-electron chi connectivity index (χ0n) is 11.0. The quantitative estimate of drug-likeness (QED) is 0.929. The highest BCUT2D eigenvalue weighted by atomic mass is 32.2. The molecule has 100 valence electrons. The molecule has 1 N–H and O–H groups in total. The Kier molecular flexibility index (Phi) is 4.20. The largest absolute Gasteiger partial charge is 0.310 e. The summed E-state index contributed by atoms with van der Waals surface area (Å²) in [6.07, 6.45) is 6.39. The summed E-state index contributed by atoms with van der Waals surface area (Å²) in [5, 5.41) is 8.01. The van der Waals surface area contributed by atoms with Crippen LogP contribution in [0.25, 0.3) is 5.69 Å². The van der Waals surface area contributed by atoms with Crippen molar-refractivity contribution in [3.05, 3.63) is 48.3 Å². The topological polar surface area (TPSA) is 29.9 Å². The highest BCUT2D eigenvalue weighted by molar-refractivity contribution is 7.99. The van der Waals surface area contributed by atoms with Crippen LogP contribution < -0.4 is 5.32 Å². The summed E-state index contributed by atoms with van der Waals surface area (Å²) in [6.45, 7) is 0.922. The lowest BCUT2D eigenvalue weighted by molar-refractivity contribution is 0.481. The van der Waals surface area contributed by atoms with E-state index in [1.807, 2.05) is 23.1 Å². The highest BCUT2D eigenvalue weighted by Gasteiger charge is 2.13. The van der Waals surface area contributed by atoms with Gasteiger partial charge in [0, 0.05) is 25.0 Å². The number of hydrogen-bond acceptors (Lipinski definition) is 3. The van der Waals surface area contributed by atoms with Gasteiger partial charge in [0.25, 0.3) is 0 Å². The fourth-order valence-corrected chi connectivity index (χ4v) is 3.56. The molecule has 1 aromatic heterocycles. The van der Waals surface area contributed by atoms with Gasteiger partial charge in [-0.2, -0.15) is 16.9 Å². The number of para-hydroxylation sites is 1. The average Bonchev–Trinajstić information content (AvgIpc) is 3.01. The Morgan fingerprint density at radius 2 is 2.05 bits per heavy atom. The van der Waals surface area contributed by atoms with Crippen molar-refractivity contribution < 1.29 is 0 Å². The molecule has 3 rings (SSSR count). The zero-order chi connectivity index (χ0) is 12.9. The molecular weight excluding hydrogens is 254 g/mol. The molecule has 2 aromatic rings. The summed E-state index contributed by atoms with van der Waals surface area (Å²) in [6, 6.07) is 11.1. The zero-order valence-corrected chi connectivity index (χ0v) is 11.8. The van der Waals surface area contributed by atoms with E-state index in [1.165, 1.54) is 35.6 Å². The van der Waals surface area contributed by atoms with Gasteiger partial charge in [0.05, 0.1) is 5.69 Å². The van der Waals surface area contributed by atoms with Crippen LogP contribution in [0.2, 0.25) is 0 Å². The second-order valence-corrected chi connectivity index (χ2v) is 6.07. The number of hydrogen-bond donors (Lipinski definition) is 1. The molecule has 3 nitrogen and oxygen atoms in total. The molecule has 0 atom stereocenters. The smallest absolute Gasteiger partial charge is 0.0690 e. The molecule has 19 heavy (non-hydrogen) atoms. The van der Waals surface area contributed by atoms with E-state index in [1.54, 1.807) is 0 Å². The van der Waals surface area contributed by atoms with Crippen molar-refractivity contribution in [3.63, 3.8) is 0 Å². The van der Waals surface area contributed by atoms with Gasteiger partial charge in [-0.15, -0.1) is 0 Å². The Labute approximate surface area is 118 Å². The van der Waals surface area contributed by atoms with Gasteiger partial charge in [-0.3, -0.25) is 0 Å². The molecule has 0 saturated carbocycles. The van der Waals surface area contributed by atoms with Gasteiger partial charge in [-0.1, -0.05) is 18.2 Å². The normalized spacial score (nSPS) is 16.6. The summed E-state index contributed by atoms with van der Waals surface area (Å²) < 4.78 is 1.94. The standard InChI is InChI=1S/C15H19N3S/c1-2-5-15(18-9-3-8-17-18)13(4-1)12-16-14-6-10-19-11-7-14/h1-5,8-9,14,16H,6-7,10-12H2. The third-order valence-corrected chi connectivity index (χ3v) is 4.59. The van der Waals surface area contributed by atoms with E-state index in [0.29, 0.717) is 6.04 Å². The maximum Gasteiger partial charge on any atom is 0.0690 e. The molecule has 1 aliphatic rings. The van der Waals surface area contributed by atoms with Crippen LogP contribution in [0.5, 0.6) is 0 Å². The first-order valence-electron chi connectivity index (χ1n) is 6.82. The molecule has 4 heteroatoms. The van der Waals surface area contributed by atoms with Crippen molar-refractivity contribution in [1.29, 1.82) is 0 Å². The lowest BCUT2D eigenvalue weighted by Gasteiger charge is -2.23. The van der Waals surface area contributed by atoms with E-state index in [9.17, 15) is 0 Å². The summed E-state index contributed by atoms with van der Waals surface area (Å²) in [5.41, 5.74) is 2.48. The third-order valence-electron chi connectivity index (χ3n) is 3.55. The maximum atomic E-state index is 4.33. The first-order valence-corrected chi connectivity index (χ1v) is 7.98. The minimum absolute atomic E-state index is 0.673. The Hall–Kier alpha value is -1.26. The van der Waals surface area contributed by atoms with E-state index in [2.05, 4.69) is 46.4 Å².